The number of nitrogens with zero attached hydrogens (tertiary/aromatic N) is 1. The van der Waals surface area contributed by atoms with Gasteiger partial charge in [-0.15, -0.1) is 11.8 Å². The van der Waals surface area contributed by atoms with Gasteiger partial charge in [-0.05, 0) is 18.7 Å². The van der Waals surface area contributed by atoms with Crippen molar-refractivity contribution in [1.82, 2.24) is 4.57 Å². The molecule has 0 aliphatic carbocycles. The molecule has 0 saturated heterocycles. The first-order valence-electron chi connectivity index (χ1n) is 4.58. The van der Waals surface area contributed by atoms with Gasteiger partial charge in [0, 0.05) is 23.3 Å². The molecule has 2 heterocycles. The van der Waals surface area contributed by atoms with Crippen LogP contribution in [0.15, 0.2) is 17.2 Å². The molecule has 3 nitrogen and oxygen atoms in total. The quantitative estimate of drug-likeness (QED) is 0.553. The molecule has 4 heteroatoms. The molecular formula is C10H13NO2S. The molecule has 1 aliphatic heterocycles. The largest absolute Gasteiger partial charge is 0.469 e. The van der Waals surface area contributed by atoms with Crippen molar-refractivity contribution in [2.24, 2.45) is 0 Å². The van der Waals surface area contributed by atoms with E-state index in [4.69, 9.17) is 4.74 Å². The third-order valence-electron chi connectivity index (χ3n) is 2.64. The Kier molecular flexibility index (Phi) is 2.54. The number of aryl methyl sites for hydroxylation is 1. The lowest BCUT2D eigenvalue weighted by molar-refractivity contribution is -0.142. The number of fused-ring (bicyclic) bond motifs is 1. The van der Waals surface area contributed by atoms with Gasteiger partial charge in [-0.1, -0.05) is 0 Å². The Labute approximate surface area is 87.4 Å². The Bertz CT molecular complexity index is 359. The second-order valence-electron chi connectivity index (χ2n) is 3.36. The van der Waals surface area contributed by atoms with E-state index in [0.29, 0.717) is 0 Å². The van der Waals surface area contributed by atoms with Gasteiger partial charge in [0.1, 0.15) is 0 Å². The fourth-order valence-corrected chi connectivity index (χ4v) is 2.37. The van der Waals surface area contributed by atoms with Crippen LogP contribution in [-0.4, -0.2) is 23.9 Å². The van der Waals surface area contributed by atoms with E-state index in [9.17, 15) is 4.79 Å². The number of rotatable bonds is 2. The van der Waals surface area contributed by atoms with Gasteiger partial charge in [0.25, 0.3) is 0 Å². The smallest absolute Gasteiger partial charge is 0.314 e. The summed E-state index contributed by atoms with van der Waals surface area (Å²) in [6.45, 7) is 0.926. The van der Waals surface area contributed by atoms with Crippen LogP contribution in [0, 0.1) is 0 Å². The highest BCUT2D eigenvalue weighted by atomic mass is 32.2. The third-order valence-corrected chi connectivity index (χ3v) is 3.34. The molecule has 0 radical (unpaired) electrons. The Hall–Kier alpha value is -0.900. The van der Waals surface area contributed by atoms with E-state index in [1.807, 2.05) is 6.26 Å². The van der Waals surface area contributed by atoms with Crippen LogP contribution in [0.5, 0.6) is 0 Å². The number of carbonyl (C=O) groups excluding carboxylic acids is 1. The number of aromatic nitrogens is 1. The fraction of sp³-hybridized carbons (Fsp3) is 0.500. The van der Waals surface area contributed by atoms with Crippen molar-refractivity contribution in [2.75, 3.05) is 13.4 Å². The molecule has 1 atom stereocenters. The molecule has 0 amide bonds. The van der Waals surface area contributed by atoms with Gasteiger partial charge >= 0.3 is 5.97 Å². The molecule has 1 unspecified atom stereocenters. The summed E-state index contributed by atoms with van der Waals surface area (Å²) < 4.78 is 6.92. The van der Waals surface area contributed by atoms with Crippen molar-refractivity contribution in [1.29, 1.82) is 0 Å². The Morgan fingerprint density at radius 1 is 1.71 bits per heavy atom. The average molecular weight is 211 g/mol. The van der Waals surface area contributed by atoms with Gasteiger partial charge < -0.3 is 9.30 Å². The zero-order valence-electron chi connectivity index (χ0n) is 8.32. The lowest BCUT2D eigenvalue weighted by atomic mass is 10.1. The van der Waals surface area contributed by atoms with E-state index in [2.05, 4.69) is 16.8 Å². The highest BCUT2D eigenvalue weighted by Gasteiger charge is 2.29. The van der Waals surface area contributed by atoms with Crippen LogP contribution >= 0.6 is 11.8 Å². The predicted molar refractivity (Wildman–Crippen MR) is 55.6 cm³/mol. The minimum Gasteiger partial charge on any atom is -0.469 e. The van der Waals surface area contributed by atoms with Crippen LogP contribution in [0.4, 0.5) is 0 Å². The Balaban J connectivity index is 2.28. The predicted octanol–water partition coefficient (Wildman–Crippen LogP) is 1.87. The normalized spacial score (nSPS) is 19.4. The van der Waals surface area contributed by atoms with Crippen molar-refractivity contribution in [3.8, 4) is 0 Å². The molecule has 2 rings (SSSR count). The van der Waals surface area contributed by atoms with Crippen molar-refractivity contribution < 1.29 is 9.53 Å². The van der Waals surface area contributed by atoms with Crippen molar-refractivity contribution in [3.05, 3.63) is 18.0 Å². The maximum atomic E-state index is 11.4. The van der Waals surface area contributed by atoms with Crippen LogP contribution < -0.4 is 0 Å². The minimum absolute atomic E-state index is 0.0547. The van der Waals surface area contributed by atoms with Crippen LogP contribution in [0.25, 0.3) is 0 Å². The molecule has 76 valence electrons. The van der Waals surface area contributed by atoms with Crippen molar-refractivity contribution >= 4 is 17.7 Å². The summed E-state index contributed by atoms with van der Waals surface area (Å²) in [5.74, 6) is -0.171. The highest BCUT2D eigenvalue weighted by molar-refractivity contribution is 7.98. The number of ether oxygens (including phenoxy) is 1. The third kappa shape index (κ3) is 1.43. The zero-order chi connectivity index (χ0) is 10.1. The summed E-state index contributed by atoms with van der Waals surface area (Å²) in [5.41, 5.74) is 1.10. The Morgan fingerprint density at radius 2 is 2.50 bits per heavy atom. The number of methoxy groups -OCH3 is 1. The molecular weight excluding hydrogens is 198 g/mol. The second kappa shape index (κ2) is 3.69. The van der Waals surface area contributed by atoms with Gasteiger partial charge in [0.15, 0.2) is 0 Å². The summed E-state index contributed by atoms with van der Waals surface area (Å²) in [5, 5.41) is 0. The molecule has 0 spiro atoms. The van der Waals surface area contributed by atoms with E-state index < -0.39 is 0 Å². The van der Waals surface area contributed by atoms with E-state index in [1.165, 1.54) is 12.0 Å². The number of hydrogen-bond donors (Lipinski definition) is 0. The number of thioether (sulfide) groups is 1. The highest BCUT2D eigenvalue weighted by Crippen LogP contribution is 2.33. The topological polar surface area (TPSA) is 31.2 Å². The lowest BCUT2D eigenvalue weighted by Gasteiger charge is -2.05. The monoisotopic (exact) mass is 211 g/mol. The summed E-state index contributed by atoms with van der Waals surface area (Å²) in [6.07, 6.45) is 5.01. The minimum atomic E-state index is -0.116. The first kappa shape index (κ1) is 9.65. The summed E-state index contributed by atoms with van der Waals surface area (Å²) >= 11 is 1.70. The van der Waals surface area contributed by atoms with Crippen molar-refractivity contribution in [3.63, 3.8) is 0 Å². The Morgan fingerprint density at radius 3 is 3.14 bits per heavy atom. The SMILES string of the molecule is COC(=O)C1CCn2cc(SC)cc21. The van der Waals surface area contributed by atoms with Crippen LogP contribution in [0.2, 0.25) is 0 Å². The molecule has 0 fully saturated rings. The average Bonchev–Trinajstić information content (AvgIpc) is 2.74. The van der Waals surface area contributed by atoms with Gasteiger partial charge in [0.05, 0.1) is 13.0 Å². The molecule has 0 N–H and O–H groups in total. The molecule has 0 saturated carbocycles. The van der Waals surface area contributed by atoms with Gasteiger partial charge in [0.2, 0.25) is 0 Å². The van der Waals surface area contributed by atoms with Crippen LogP contribution in [0.1, 0.15) is 18.0 Å². The zero-order valence-corrected chi connectivity index (χ0v) is 9.13. The van der Waals surface area contributed by atoms with Crippen LogP contribution in [0.3, 0.4) is 0 Å². The first-order valence-corrected chi connectivity index (χ1v) is 5.80. The maximum absolute atomic E-state index is 11.4. The molecule has 1 aliphatic rings. The van der Waals surface area contributed by atoms with E-state index in [1.54, 1.807) is 11.8 Å². The van der Waals surface area contributed by atoms with Crippen LogP contribution in [-0.2, 0) is 16.1 Å². The number of esters is 1. The van der Waals surface area contributed by atoms with E-state index in [-0.39, 0.29) is 11.9 Å². The standard InChI is InChI=1S/C10H13NO2S/c1-13-10(12)8-3-4-11-6-7(14-2)5-9(8)11/h5-6,8H,3-4H2,1-2H3. The molecule has 0 aromatic carbocycles. The number of hydrogen-bond acceptors (Lipinski definition) is 3. The molecule has 0 bridgehead atoms. The second-order valence-corrected chi connectivity index (χ2v) is 4.24. The fourth-order valence-electron chi connectivity index (χ4n) is 1.90. The summed E-state index contributed by atoms with van der Waals surface area (Å²) in [7, 11) is 1.45. The number of carbonyl (C=O) groups is 1. The lowest BCUT2D eigenvalue weighted by Crippen LogP contribution is -2.11. The maximum Gasteiger partial charge on any atom is 0.314 e. The van der Waals surface area contributed by atoms with E-state index >= 15 is 0 Å². The summed E-state index contributed by atoms with van der Waals surface area (Å²) in [4.78, 5) is 12.6. The van der Waals surface area contributed by atoms with Gasteiger partial charge in [-0.3, -0.25) is 4.79 Å². The van der Waals surface area contributed by atoms with Gasteiger partial charge in [-0.2, -0.15) is 0 Å². The first-order chi connectivity index (χ1) is 6.76. The van der Waals surface area contributed by atoms with E-state index in [0.717, 1.165) is 18.7 Å². The van der Waals surface area contributed by atoms with Crippen molar-refractivity contribution in [2.45, 2.75) is 23.8 Å². The molecule has 1 aromatic rings. The summed E-state index contributed by atoms with van der Waals surface area (Å²) in [6, 6.07) is 2.08. The molecule has 14 heavy (non-hydrogen) atoms. The molecule has 1 aromatic heterocycles. The van der Waals surface area contributed by atoms with Gasteiger partial charge in [-0.25, -0.2) is 0 Å².